The smallest absolute Gasteiger partial charge is 0.302 e. The first-order valence-corrected chi connectivity index (χ1v) is 9.28. The summed E-state index contributed by atoms with van der Waals surface area (Å²) in [7, 11) is 0. The second-order valence-electron chi connectivity index (χ2n) is 6.20. The summed E-state index contributed by atoms with van der Waals surface area (Å²) < 4.78 is 7.14. The summed E-state index contributed by atoms with van der Waals surface area (Å²) in [5, 5.41) is 3.92. The molecule has 1 aliphatic rings. The van der Waals surface area contributed by atoms with Gasteiger partial charge in [0.25, 0.3) is 5.56 Å². The number of carbonyl (C=O) groups is 2. The van der Waals surface area contributed by atoms with Crippen molar-refractivity contribution in [2.45, 2.75) is 38.5 Å². The molecule has 1 aromatic heterocycles. The molecule has 0 spiro atoms. The molecule has 2 heterocycles. The monoisotopic (exact) mass is 441 g/mol. The summed E-state index contributed by atoms with van der Waals surface area (Å²) in [6, 6.07) is 2.96. The lowest BCUT2D eigenvalue weighted by Gasteiger charge is -2.18. The Kier molecular flexibility index (Phi) is 5.74. The van der Waals surface area contributed by atoms with Gasteiger partial charge in [0, 0.05) is 17.8 Å². The molecule has 2 unspecified atom stereocenters. The van der Waals surface area contributed by atoms with E-state index in [0.29, 0.717) is 33.4 Å². The predicted octanol–water partition coefficient (Wildman–Crippen LogP) is 2.07. The standard InChI is InChI=1S/C17H17BrClN3O4/c1-9(23)26-16-2-3-20-15(16)4-10(24)7-22-8-21-14-6-12(18)13(19)5-11(14)17(22)25/h5-6,8,15-16,20H,2-4,7H2,1H3. The Morgan fingerprint density at radius 1 is 1.46 bits per heavy atom. The van der Waals surface area contributed by atoms with E-state index in [0.717, 1.165) is 0 Å². The molecule has 0 radical (unpaired) electrons. The third-order valence-electron chi connectivity index (χ3n) is 4.26. The maximum Gasteiger partial charge on any atom is 0.302 e. The molecular weight excluding hydrogens is 426 g/mol. The normalized spacial score (nSPS) is 19.7. The topological polar surface area (TPSA) is 90.3 Å². The number of carbonyl (C=O) groups excluding carboxylic acids is 2. The van der Waals surface area contributed by atoms with E-state index in [1.165, 1.54) is 23.9 Å². The molecule has 3 rings (SSSR count). The average molecular weight is 443 g/mol. The Hall–Kier alpha value is -1.77. The van der Waals surface area contributed by atoms with Gasteiger partial charge >= 0.3 is 5.97 Å². The number of rotatable bonds is 5. The number of aromatic nitrogens is 2. The zero-order chi connectivity index (χ0) is 18.8. The lowest BCUT2D eigenvalue weighted by atomic mass is 10.1. The number of benzene rings is 1. The number of ketones is 1. The fourth-order valence-corrected chi connectivity index (χ4v) is 3.56. The SMILES string of the molecule is CC(=O)OC1CCNC1CC(=O)Cn1cnc2cc(Br)c(Cl)cc2c1=O. The molecule has 0 saturated carbocycles. The molecule has 1 aromatic carbocycles. The highest BCUT2D eigenvalue weighted by Gasteiger charge is 2.31. The number of hydrogen-bond acceptors (Lipinski definition) is 6. The van der Waals surface area contributed by atoms with Gasteiger partial charge in [-0.3, -0.25) is 19.0 Å². The van der Waals surface area contributed by atoms with Crippen LogP contribution in [0.1, 0.15) is 19.8 Å². The Morgan fingerprint density at radius 2 is 2.23 bits per heavy atom. The number of ether oxygens (including phenoxy) is 1. The van der Waals surface area contributed by atoms with Crippen LogP contribution in [0.4, 0.5) is 0 Å². The van der Waals surface area contributed by atoms with E-state index in [4.69, 9.17) is 16.3 Å². The maximum absolute atomic E-state index is 12.6. The summed E-state index contributed by atoms with van der Waals surface area (Å²) in [6.45, 7) is 1.93. The van der Waals surface area contributed by atoms with Crippen molar-refractivity contribution in [3.63, 3.8) is 0 Å². The molecule has 1 aliphatic heterocycles. The molecule has 0 amide bonds. The van der Waals surface area contributed by atoms with Crippen molar-refractivity contribution in [1.82, 2.24) is 14.9 Å². The second-order valence-corrected chi connectivity index (χ2v) is 7.46. The lowest BCUT2D eigenvalue weighted by Crippen LogP contribution is -2.36. The van der Waals surface area contributed by atoms with Crippen LogP contribution in [-0.4, -0.2) is 40.0 Å². The largest absolute Gasteiger partial charge is 0.461 e. The molecule has 2 aromatic rings. The van der Waals surface area contributed by atoms with Crippen LogP contribution in [-0.2, 0) is 20.9 Å². The highest BCUT2D eigenvalue weighted by molar-refractivity contribution is 9.10. The predicted molar refractivity (Wildman–Crippen MR) is 100 cm³/mol. The van der Waals surface area contributed by atoms with Crippen LogP contribution >= 0.6 is 27.5 Å². The highest BCUT2D eigenvalue weighted by Crippen LogP contribution is 2.25. The minimum absolute atomic E-state index is 0.0968. The third-order valence-corrected chi connectivity index (χ3v) is 5.46. The minimum atomic E-state index is -0.367. The number of nitrogens with zero attached hydrogens (tertiary/aromatic N) is 2. The van der Waals surface area contributed by atoms with Crippen molar-refractivity contribution in [2.75, 3.05) is 6.54 Å². The van der Waals surface area contributed by atoms with E-state index in [9.17, 15) is 14.4 Å². The number of esters is 1. The second kappa shape index (κ2) is 7.85. The van der Waals surface area contributed by atoms with Crippen LogP contribution in [0.25, 0.3) is 10.9 Å². The van der Waals surface area contributed by atoms with Gasteiger partial charge in [-0.2, -0.15) is 0 Å². The van der Waals surface area contributed by atoms with E-state index >= 15 is 0 Å². The molecule has 138 valence electrons. The molecule has 7 nitrogen and oxygen atoms in total. The zero-order valence-corrected chi connectivity index (χ0v) is 16.3. The number of hydrogen-bond donors (Lipinski definition) is 1. The number of nitrogens with one attached hydrogen (secondary N) is 1. The van der Waals surface area contributed by atoms with Crippen LogP contribution < -0.4 is 10.9 Å². The lowest BCUT2D eigenvalue weighted by molar-refractivity contribution is -0.147. The number of fused-ring (bicyclic) bond motifs is 1. The van der Waals surface area contributed by atoms with Gasteiger partial charge in [-0.1, -0.05) is 11.6 Å². The first kappa shape index (κ1) is 19.0. The van der Waals surface area contributed by atoms with Gasteiger partial charge in [-0.15, -0.1) is 0 Å². The highest BCUT2D eigenvalue weighted by atomic mass is 79.9. The molecular formula is C17H17BrClN3O4. The molecule has 0 bridgehead atoms. The quantitative estimate of drug-likeness (QED) is 0.713. The van der Waals surface area contributed by atoms with Crippen LogP contribution in [0.3, 0.4) is 0 Å². The molecule has 1 saturated heterocycles. The zero-order valence-electron chi connectivity index (χ0n) is 14.0. The van der Waals surface area contributed by atoms with E-state index in [1.54, 1.807) is 6.07 Å². The summed E-state index contributed by atoms with van der Waals surface area (Å²) in [5.74, 6) is -0.512. The molecule has 2 atom stereocenters. The fourth-order valence-electron chi connectivity index (χ4n) is 3.07. The first-order chi connectivity index (χ1) is 12.3. The molecule has 26 heavy (non-hydrogen) atoms. The van der Waals surface area contributed by atoms with E-state index in [2.05, 4.69) is 26.2 Å². The van der Waals surface area contributed by atoms with Crippen LogP contribution in [0.15, 0.2) is 27.7 Å². The summed E-state index contributed by atoms with van der Waals surface area (Å²) in [5.41, 5.74) is 0.177. The number of halogens is 2. The minimum Gasteiger partial charge on any atom is -0.461 e. The van der Waals surface area contributed by atoms with Crippen molar-refractivity contribution < 1.29 is 14.3 Å². The Balaban J connectivity index is 1.75. The fraction of sp³-hybridized carbons (Fsp3) is 0.412. The van der Waals surface area contributed by atoms with Gasteiger partial charge in [-0.05, 0) is 41.0 Å². The van der Waals surface area contributed by atoms with Crippen LogP contribution in [0, 0.1) is 0 Å². The van der Waals surface area contributed by atoms with Crippen molar-refractivity contribution in [3.05, 3.63) is 38.3 Å². The first-order valence-electron chi connectivity index (χ1n) is 8.11. The van der Waals surface area contributed by atoms with Crippen LogP contribution in [0.5, 0.6) is 0 Å². The van der Waals surface area contributed by atoms with E-state index in [1.807, 2.05) is 0 Å². The van der Waals surface area contributed by atoms with Gasteiger partial charge in [0.1, 0.15) is 6.10 Å². The summed E-state index contributed by atoms with van der Waals surface area (Å²) >= 11 is 9.34. The maximum atomic E-state index is 12.6. The average Bonchev–Trinajstić information content (AvgIpc) is 2.98. The molecule has 1 N–H and O–H groups in total. The molecule has 1 fully saturated rings. The van der Waals surface area contributed by atoms with E-state index in [-0.39, 0.29) is 42.4 Å². The van der Waals surface area contributed by atoms with Gasteiger partial charge < -0.3 is 10.1 Å². The number of Topliss-reactive ketones (excluding diaryl/α,β-unsaturated/α-hetero) is 1. The van der Waals surface area contributed by atoms with Gasteiger partial charge in [0.05, 0.1) is 34.8 Å². The van der Waals surface area contributed by atoms with Crippen molar-refractivity contribution in [3.8, 4) is 0 Å². The Morgan fingerprint density at radius 3 is 2.96 bits per heavy atom. The summed E-state index contributed by atoms with van der Waals surface area (Å²) in [4.78, 5) is 40.4. The third kappa shape index (κ3) is 4.13. The van der Waals surface area contributed by atoms with E-state index < -0.39 is 0 Å². The van der Waals surface area contributed by atoms with Crippen molar-refractivity contribution in [2.24, 2.45) is 0 Å². The van der Waals surface area contributed by atoms with Gasteiger partial charge in [0.15, 0.2) is 5.78 Å². The van der Waals surface area contributed by atoms with Gasteiger partial charge in [0.2, 0.25) is 0 Å². The Labute approximate surface area is 162 Å². The molecule has 9 heteroatoms. The van der Waals surface area contributed by atoms with Crippen molar-refractivity contribution in [1.29, 1.82) is 0 Å². The summed E-state index contributed by atoms with van der Waals surface area (Å²) in [6.07, 6.45) is 1.87. The Bertz CT molecular complexity index is 930. The van der Waals surface area contributed by atoms with Gasteiger partial charge in [-0.25, -0.2) is 4.98 Å². The molecule has 0 aliphatic carbocycles. The van der Waals surface area contributed by atoms with Crippen molar-refractivity contribution >= 4 is 50.2 Å². The van der Waals surface area contributed by atoms with Crippen LogP contribution in [0.2, 0.25) is 5.02 Å².